The molecule has 1 N–H and O–H groups in total. The summed E-state index contributed by atoms with van der Waals surface area (Å²) in [5.74, 6) is -0.687. The van der Waals surface area contributed by atoms with Gasteiger partial charge in [0.05, 0.1) is 6.42 Å². The number of hydrogen-bond donors (Lipinski definition) is 1. The lowest BCUT2D eigenvalue weighted by atomic mass is 9.96. The number of carboxylic acids is 1. The third-order valence-corrected chi connectivity index (χ3v) is 2.11. The van der Waals surface area contributed by atoms with Gasteiger partial charge in [-0.15, -0.1) is 0 Å². The average Bonchev–Trinajstić information content (AvgIpc) is 2.43. The van der Waals surface area contributed by atoms with E-state index in [1.54, 1.807) is 0 Å². The van der Waals surface area contributed by atoms with Crippen LogP contribution in [0.1, 0.15) is 32.6 Å². The fourth-order valence-corrected chi connectivity index (χ4v) is 1.44. The maximum Gasteiger partial charge on any atom is 0.303 e. The van der Waals surface area contributed by atoms with Crippen molar-refractivity contribution in [2.45, 2.75) is 32.6 Å². The van der Waals surface area contributed by atoms with Crippen molar-refractivity contribution in [2.24, 2.45) is 5.41 Å². The van der Waals surface area contributed by atoms with Gasteiger partial charge < -0.3 is 9.90 Å². The molecule has 0 aliphatic heterocycles. The largest absolute Gasteiger partial charge is 0.481 e. The number of aliphatic carboxylic acids is 1. The molecule has 3 nitrogen and oxygen atoms in total. The topological polar surface area (TPSA) is 54.4 Å². The molecule has 62 valence electrons. The molecule has 0 heterocycles. The van der Waals surface area contributed by atoms with E-state index >= 15 is 0 Å². The zero-order valence-electron chi connectivity index (χ0n) is 6.59. The number of ketones is 1. The van der Waals surface area contributed by atoms with Gasteiger partial charge in [-0.3, -0.25) is 4.79 Å². The minimum absolute atomic E-state index is 0.101. The molecule has 0 atom stereocenters. The standard InChI is InChI=1S/C8H12O3/c1-6(9)4-8(2-3-8)5-7(10)11/h2-5H2,1H3,(H,10,11). The molecule has 0 aromatic rings. The third kappa shape index (κ3) is 2.33. The first-order chi connectivity index (χ1) is 5.04. The highest BCUT2D eigenvalue weighted by atomic mass is 16.4. The van der Waals surface area contributed by atoms with Crippen LogP contribution >= 0.6 is 0 Å². The monoisotopic (exact) mass is 156 g/mol. The molecular formula is C8H12O3. The van der Waals surface area contributed by atoms with Crippen molar-refractivity contribution in [1.29, 1.82) is 0 Å². The van der Waals surface area contributed by atoms with Gasteiger partial charge in [-0.2, -0.15) is 0 Å². The number of carbonyl (C=O) groups is 2. The number of hydrogen-bond acceptors (Lipinski definition) is 2. The molecule has 0 saturated heterocycles. The Hall–Kier alpha value is -0.860. The van der Waals surface area contributed by atoms with Gasteiger partial charge in [0.2, 0.25) is 0 Å². The first-order valence-corrected chi connectivity index (χ1v) is 3.75. The van der Waals surface area contributed by atoms with Crippen LogP contribution in [0.5, 0.6) is 0 Å². The van der Waals surface area contributed by atoms with Crippen molar-refractivity contribution >= 4 is 11.8 Å². The second-order valence-corrected chi connectivity index (χ2v) is 3.45. The lowest BCUT2D eigenvalue weighted by Crippen LogP contribution is -2.11. The fourth-order valence-electron chi connectivity index (χ4n) is 1.44. The average molecular weight is 156 g/mol. The molecule has 0 bridgehead atoms. The summed E-state index contributed by atoms with van der Waals surface area (Å²) in [4.78, 5) is 21.0. The Bertz CT molecular complexity index is 174. The van der Waals surface area contributed by atoms with Gasteiger partial charge in [-0.05, 0) is 25.2 Å². The Balaban J connectivity index is 2.41. The molecule has 0 unspecified atom stereocenters. The molecule has 0 amide bonds. The molecule has 0 radical (unpaired) electrons. The van der Waals surface area contributed by atoms with Crippen molar-refractivity contribution in [3.63, 3.8) is 0 Å². The van der Waals surface area contributed by atoms with Crippen LogP contribution in [0.2, 0.25) is 0 Å². The molecule has 11 heavy (non-hydrogen) atoms. The van der Waals surface area contributed by atoms with Gasteiger partial charge >= 0.3 is 5.97 Å². The van der Waals surface area contributed by atoms with Crippen LogP contribution in [0.4, 0.5) is 0 Å². The quantitative estimate of drug-likeness (QED) is 0.665. The second-order valence-electron chi connectivity index (χ2n) is 3.45. The van der Waals surface area contributed by atoms with Gasteiger partial charge in [-0.25, -0.2) is 0 Å². The van der Waals surface area contributed by atoms with Crippen LogP contribution in [0.25, 0.3) is 0 Å². The summed E-state index contributed by atoms with van der Waals surface area (Å²) in [6.45, 7) is 1.52. The van der Waals surface area contributed by atoms with Crippen molar-refractivity contribution in [3.8, 4) is 0 Å². The van der Waals surface area contributed by atoms with E-state index in [1.165, 1.54) is 6.92 Å². The van der Waals surface area contributed by atoms with E-state index in [0.717, 1.165) is 12.8 Å². The highest BCUT2D eigenvalue weighted by Crippen LogP contribution is 2.51. The van der Waals surface area contributed by atoms with Crippen molar-refractivity contribution in [2.75, 3.05) is 0 Å². The van der Waals surface area contributed by atoms with Crippen LogP contribution in [0, 0.1) is 5.41 Å². The summed E-state index contributed by atoms with van der Waals surface area (Å²) in [5, 5.41) is 8.49. The fraction of sp³-hybridized carbons (Fsp3) is 0.750. The summed E-state index contributed by atoms with van der Waals surface area (Å²) in [6.07, 6.45) is 2.41. The first kappa shape index (κ1) is 8.24. The number of rotatable bonds is 4. The third-order valence-electron chi connectivity index (χ3n) is 2.11. The predicted octanol–water partition coefficient (Wildman–Crippen LogP) is 1.22. The molecule has 3 heteroatoms. The van der Waals surface area contributed by atoms with E-state index in [0.29, 0.717) is 6.42 Å². The van der Waals surface area contributed by atoms with E-state index < -0.39 is 5.97 Å². The Labute approximate surface area is 65.4 Å². The lowest BCUT2D eigenvalue weighted by molar-refractivity contribution is -0.138. The zero-order chi connectivity index (χ0) is 8.48. The molecule has 0 spiro atoms. The molecule has 1 aliphatic rings. The lowest BCUT2D eigenvalue weighted by Gasteiger charge is -2.08. The van der Waals surface area contributed by atoms with Crippen molar-refractivity contribution in [1.82, 2.24) is 0 Å². The smallest absolute Gasteiger partial charge is 0.303 e. The summed E-state index contributed by atoms with van der Waals surface area (Å²) in [6, 6.07) is 0. The highest BCUT2D eigenvalue weighted by molar-refractivity contribution is 5.78. The molecule has 1 fully saturated rings. The van der Waals surface area contributed by atoms with Crippen LogP contribution in [-0.4, -0.2) is 16.9 Å². The van der Waals surface area contributed by atoms with Gasteiger partial charge in [0, 0.05) is 6.42 Å². The summed E-state index contributed by atoms with van der Waals surface area (Å²) in [7, 11) is 0. The van der Waals surface area contributed by atoms with E-state index in [4.69, 9.17) is 5.11 Å². The van der Waals surface area contributed by atoms with Gasteiger partial charge in [0.15, 0.2) is 0 Å². The molecule has 0 aromatic carbocycles. The molecule has 1 saturated carbocycles. The molecule has 0 aromatic heterocycles. The summed E-state index contributed by atoms with van der Waals surface area (Å²) in [5.41, 5.74) is -0.155. The van der Waals surface area contributed by atoms with Crippen LogP contribution in [0.15, 0.2) is 0 Å². The minimum atomic E-state index is -0.788. The van der Waals surface area contributed by atoms with Gasteiger partial charge in [0.1, 0.15) is 5.78 Å². The van der Waals surface area contributed by atoms with Crippen LogP contribution in [-0.2, 0) is 9.59 Å². The van der Waals surface area contributed by atoms with Gasteiger partial charge in [0.25, 0.3) is 0 Å². The zero-order valence-corrected chi connectivity index (χ0v) is 6.59. The van der Waals surface area contributed by atoms with E-state index in [9.17, 15) is 9.59 Å². The van der Waals surface area contributed by atoms with Gasteiger partial charge in [-0.1, -0.05) is 0 Å². The molecule has 1 rings (SSSR count). The Morgan fingerprint density at radius 3 is 2.18 bits per heavy atom. The van der Waals surface area contributed by atoms with Crippen LogP contribution < -0.4 is 0 Å². The second kappa shape index (κ2) is 2.64. The van der Waals surface area contributed by atoms with Crippen molar-refractivity contribution in [3.05, 3.63) is 0 Å². The first-order valence-electron chi connectivity index (χ1n) is 3.75. The number of carbonyl (C=O) groups excluding carboxylic acids is 1. The minimum Gasteiger partial charge on any atom is -0.481 e. The number of Topliss-reactive ketones (excluding diaryl/α,β-unsaturated/α-hetero) is 1. The maximum atomic E-state index is 10.7. The predicted molar refractivity (Wildman–Crippen MR) is 39.2 cm³/mol. The Morgan fingerprint density at radius 1 is 1.36 bits per heavy atom. The Kier molecular flexibility index (Phi) is 1.98. The SMILES string of the molecule is CC(=O)CC1(CC(=O)O)CC1. The molecule has 1 aliphatic carbocycles. The van der Waals surface area contributed by atoms with E-state index in [-0.39, 0.29) is 17.6 Å². The summed E-state index contributed by atoms with van der Waals surface area (Å²) >= 11 is 0. The maximum absolute atomic E-state index is 10.7. The van der Waals surface area contributed by atoms with E-state index in [2.05, 4.69) is 0 Å². The van der Waals surface area contributed by atoms with E-state index in [1.807, 2.05) is 0 Å². The van der Waals surface area contributed by atoms with Crippen LogP contribution in [0.3, 0.4) is 0 Å². The normalized spacial score (nSPS) is 19.4. The highest BCUT2D eigenvalue weighted by Gasteiger charge is 2.44. The summed E-state index contributed by atoms with van der Waals surface area (Å²) < 4.78 is 0. The molecular weight excluding hydrogens is 144 g/mol. The Morgan fingerprint density at radius 2 is 1.91 bits per heavy atom. The van der Waals surface area contributed by atoms with Crippen molar-refractivity contribution < 1.29 is 14.7 Å². The number of carboxylic acid groups (broad SMARTS) is 1.